The minimum Gasteiger partial charge on any atom is -0.472 e. The first-order chi connectivity index (χ1) is 17.3. The number of hydrogen-bond acceptors (Lipinski definition) is 5. The number of aromatic nitrogens is 1. The van der Waals surface area contributed by atoms with Gasteiger partial charge in [0, 0.05) is 42.8 Å². The maximum atomic E-state index is 13.5. The van der Waals surface area contributed by atoms with Crippen molar-refractivity contribution in [1.82, 2.24) is 14.8 Å². The minimum absolute atomic E-state index is 0.0796. The van der Waals surface area contributed by atoms with E-state index in [1.54, 1.807) is 42.0 Å². The fourth-order valence-corrected chi connectivity index (χ4v) is 4.43. The van der Waals surface area contributed by atoms with Crippen LogP contribution in [0.15, 0.2) is 36.5 Å². The van der Waals surface area contributed by atoms with E-state index >= 15 is 0 Å². The van der Waals surface area contributed by atoms with Gasteiger partial charge in [-0.25, -0.2) is 9.37 Å². The van der Waals surface area contributed by atoms with E-state index in [4.69, 9.17) is 4.74 Å². The molecule has 0 spiro atoms. The van der Waals surface area contributed by atoms with E-state index < -0.39 is 12.1 Å². The first-order valence-electron chi connectivity index (χ1n) is 12.4. The van der Waals surface area contributed by atoms with Crippen LogP contribution in [0.1, 0.15) is 54.6 Å². The largest absolute Gasteiger partial charge is 0.472 e. The number of nitrogens with zero attached hydrogens (tertiary/aromatic N) is 3. The number of aliphatic hydroxyl groups excluding tert-OH is 1. The number of amides is 2. The maximum absolute atomic E-state index is 13.5. The van der Waals surface area contributed by atoms with Crippen LogP contribution in [0.3, 0.4) is 0 Å². The van der Waals surface area contributed by atoms with Crippen LogP contribution in [0.4, 0.5) is 4.39 Å². The SMILES string of the molecule is C[C@H]1CN([C@@H](C)CO)C(=O)c2cc(C#Cc3cccc(F)c3)cnc2O[C@@H]1CN(C)C(=O)C1CCC1. The van der Waals surface area contributed by atoms with Gasteiger partial charge in [-0.3, -0.25) is 9.59 Å². The third-order valence-corrected chi connectivity index (χ3v) is 6.98. The Labute approximate surface area is 211 Å². The second kappa shape index (κ2) is 11.1. The van der Waals surface area contributed by atoms with Gasteiger partial charge in [-0.15, -0.1) is 0 Å². The van der Waals surface area contributed by atoms with Crippen molar-refractivity contribution >= 4 is 11.8 Å². The lowest BCUT2D eigenvalue weighted by Crippen LogP contribution is -2.51. The van der Waals surface area contributed by atoms with Crippen LogP contribution >= 0.6 is 0 Å². The molecule has 0 bridgehead atoms. The molecule has 3 atom stereocenters. The molecule has 4 rings (SSSR count). The summed E-state index contributed by atoms with van der Waals surface area (Å²) in [6, 6.07) is 7.16. The zero-order valence-electron chi connectivity index (χ0n) is 20.9. The van der Waals surface area contributed by atoms with Crippen LogP contribution in [0.2, 0.25) is 0 Å². The number of rotatable bonds is 5. The number of pyridine rings is 1. The molecule has 1 N–H and O–H groups in total. The molecule has 1 aliphatic heterocycles. The summed E-state index contributed by atoms with van der Waals surface area (Å²) < 4.78 is 19.7. The van der Waals surface area contributed by atoms with Crippen LogP contribution in [-0.4, -0.2) is 70.6 Å². The smallest absolute Gasteiger partial charge is 0.259 e. The molecule has 2 aliphatic rings. The summed E-state index contributed by atoms with van der Waals surface area (Å²) in [4.78, 5) is 34.0. The predicted octanol–water partition coefficient (Wildman–Crippen LogP) is 3.10. The average Bonchev–Trinajstić information content (AvgIpc) is 2.83. The van der Waals surface area contributed by atoms with E-state index in [-0.39, 0.29) is 47.5 Å². The molecule has 1 aromatic carbocycles. The Morgan fingerprint density at radius 3 is 2.72 bits per heavy atom. The minimum atomic E-state index is -0.414. The summed E-state index contributed by atoms with van der Waals surface area (Å²) in [6.45, 7) is 4.30. The van der Waals surface area contributed by atoms with Gasteiger partial charge in [-0.1, -0.05) is 31.3 Å². The van der Waals surface area contributed by atoms with E-state index in [1.807, 2.05) is 6.92 Å². The standard InChI is InChI=1S/C28H32FN3O4/c1-18-15-32(19(2)17-33)28(35)24-13-21(11-10-20-6-4-9-23(29)12-20)14-30-26(24)36-25(18)16-31(3)27(34)22-7-5-8-22/h4,6,9,12-14,18-19,22,25,33H,5,7-8,15-17H2,1-3H3/t18-,19-,25+/m0/s1. The Hall–Kier alpha value is -3.44. The summed E-state index contributed by atoms with van der Waals surface area (Å²) in [5.41, 5.74) is 1.23. The number of carbonyl (C=O) groups excluding carboxylic acids is 2. The molecule has 190 valence electrons. The second-order valence-corrected chi connectivity index (χ2v) is 9.81. The summed E-state index contributed by atoms with van der Waals surface area (Å²) in [6.07, 6.45) is 4.05. The summed E-state index contributed by atoms with van der Waals surface area (Å²) in [7, 11) is 1.79. The van der Waals surface area contributed by atoms with Crippen molar-refractivity contribution in [3.05, 3.63) is 59.0 Å². The topological polar surface area (TPSA) is 83.0 Å². The van der Waals surface area contributed by atoms with Crippen molar-refractivity contribution < 1.29 is 23.8 Å². The van der Waals surface area contributed by atoms with Crippen LogP contribution in [0, 0.1) is 29.5 Å². The van der Waals surface area contributed by atoms with E-state index in [0.29, 0.717) is 24.2 Å². The highest BCUT2D eigenvalue weighted by Crippen LogP contribution is 2.30. The number of carbonyl (C=O) groups is 2. The number of halogens is 1. The normalized spacial score (nSPS) is 20.6. The molecule has 1 saturated carbocycles. The number of aliphatic hydroxyl groups is 1. The number of ether oxygens (including phenoxy) is 1. The molecule has 1 fully saturated rings. The number of likely N-dealkylation sites (N-methyl/N-ethyl adjacent to an activating group) is 1. The quantitative estimate of drug-likeness (QED) is 0.648. The van der Waals surface area contributed by atoms with Crippen LogP contribution in [-0.2, 0) is 4.79 Å². The van der Waals surface area contributed by atoms with Gasteiger partial charge in [0.1, 0.15) is 17.5 Å². The molecule has 2 aromatic rings. The van der Waals surface area contributed by atoms with Crippen molar-refractivity contribution in [1.29, 1.82) is 0 Å². The van der Waals surface area contributed by atoms with Crippen molar-refractivity contribution in [2.45, 2.75) is 45.3 Å². The molecule has 2 heterocycles. The zero-order chi connectivity index (χ0) is 25.8. The van der Waals surface area contributed by atoms with Gasteiger partial charge in [0.15, 0.2) is 0 Å². The Kier molecular flexibility index (Phi) is 7.90. The number of fused-ring (bicyclic) bond motifs is 1. The molecular formula is C28H32FN3O4. The zero-order valence-corrected chi connectivity index (χ0v) is 20.9. The van der Waals surface area contributed by atoms with Crippen LogP contribution in [0.25, 0.3) is 0 Å². The third kappa shape index (κ3) is 5.68. The predicted molar refractivity (Wildman–Crippen MR) is 133 cm³/mol. The highest BCUT2D eigenvalue weighted by molar-refractivity contribution is 5.97. The van der Waals surface area contributed by atoms with E-state index in [9.17, 15) is 19.1 Å². The molecular weight excluding hydrogens is 461 g/mol. The monoisotopic (exact) mass is 493 g/mol. The highest BCUT2D eigenvalue weighted by Gasteiger charge is 2.36. The Morgan fingerprint density at radius 1 is 1.31 bits per heavy atom. The highest BCUT2D eigenvalue weighted by atomic mass is 19.1. The summed E-state index contributed by atoms with van der Waals surface area (Å²) in [5.74, 6) is 5.41. The Bertz CT molecular complexity index is 1190. The van der Waals surface area contributed by atoms with Gasteiger partial charge in [-0.05, 0) is 44.0 Å². The van der Waals surface area contributed by atoms with E-state index in [2.05, 4.69) is 16.8 Å². The lowest BCUT2D eigenvalue weighted by atomic mass is 9.84. The molecule has 36 heavy (non-hydrogen) atoms. The van der Waals surface area contributed by atoms with Gasteiger partial charge in [0.25, 0.3) is 5.91 Å². The van der Waals surface area contributed by atoms with Crippen LogP contribution in [0.5, 0.6) is 5.88 Å². The van der Waals surface area contributed by atoms with Crippen molar-refractivity contribution in [3.8, 4) is 17.7 Å². The molecule has 7 nitrogen and oxygen atoms in total. The fraction of sp³-hybridized carbons (Fsp3) is 0.464. The van der Waals surface area contributed by atoms with E-state index in [1.165, 1.54) is 18.3 Å². The molecule has 1 aliphatic carbocycles. The van der Waals surface area contributed by atoms with Crippen molar-refractivity contribution in [3.63, 3.8) is 0 Å². The summed E-state index contributed by atoms with van der Waals surface area (Å²) >= 11 is 0. The number of hydrogen-bond donors (Lipinski definition) is 1. The fourth-order valence-electron chi connectivity index (χ4n) is 4.43. The Balaban J connectivity index is 1.64. The first-order valence-corrected chi connectivity index (χ1v) is 12.4. The first kappa shape index (κ1) is 25.6. The molecule has 0 unspecified atom stereocenters. The molecule has 0 saturated heterocycles. The summed E-state index contributed by atoms with van der Waals surface area (Å²) in [5, 5.41) is 9.82. The van der Waals surface area contributed by atoms with Gasteiger partial charge >= 0.3 is 0 Å². The van der Waals surface area contributed by atoms with Gasteiger partial charge in [-0.2, -0.15) is 0 Å². The van der Waals surface area contributed by atoms with Gasteiger partial charge < -0.3 is 19.6 Å². The van der Waals surface area contributed by atoms with E-state index in [0.717, 1.165) is 19.3 Å². The molecule has 0 radical (unpaired) electrons. The molecule has 2 amide bonds. The lowest BCUT2D eigenvalue weighted by Gasteiger charge is -2.38. The van der Waals surface area contributed by atoms with Crippen molar-refractivity contribution in [2.24, 2.45) is 11.8 Å². The lowest BCUT2D eigenvalue weighted by molar-refractivity contribution is -0.138. The van der Waals surface area contributed by atoms with Crippen molar-refractivity contribution in [2.75, 3.05) is 26.7 Å². The molecule has 8 heteroatoms. The molecule has 1 aromatic heterocycles. The second-order valence-electron chi connectivity index (χ2n) is 9.81. The average molecular weight is 494 g/mol. The van der Waals surface area contributed by atoms with Crippen LogP contribution < -0.4 is 4.74 Å². The third-order valence-electron chi connectivity index (χ3n) is 6.98. The Morgan fingerprint density at radius 2 is 2.06 bits per heavy atom. The maximum Gasteiger partial charge on any atom is 0.259 e. The van der Waals surface area contributed by atoms with Gasteiger partial charge in [0.05, 0.1) is 19.2 Å². The number of benzene rings is 1. The van der Waals surface area contributed by atoms with Gasteiger partial charge in [0.2, 0.25) is 11.8 Å².